The van der Waals surface area contributed by atoms with E-state index in [2.05, 4.69) is 39.2 Å². The van der Waals surface area contributed by atoms with Crippen LogP contribution >= 0.6 is 0 Å². The zero-order valence-corrected chi connectivity index (χ0v) is 24.9. The van der Waals surface area contributed by atoms with Crippen molar-refractivity contribution in [3.05, 3.63) is 58.9 Å². The van der Waals surface area contributed by atoms with Crippen LogP contribution in [-0.2, 0) is 14.8 Å². The van der Waals surface area contributed by atoms with Crippen LogP contribution in [0.4, 0.5) is 8.78 Å². The lowest BCUT2D eigenvalue weighted by Crippen LogP contribution is -2.42. The first-order chi connectivity index (χ1) is 18.0. The van der Waals surface area contributed by atoms with Gasteiger partial charge in [0.1, 0.15) is 11.1 Å². The summed E-state index contributed by atoms with van der Waals surface area (Å²) in [4.78, 5) is 26.5. The molecule has 3 aromatic rings. The molecule has 1 aromatic heterocycles. The lowest BCUT2D eigenvalue weighted by Gasteiger charge is -2.36. The van der Waals surface area contributed by atoms with E-state index in [1.54, 1.807) is 19.1 Å². The number of furan rings is 1. The summed E-state index contributed by atoms with van der Waals surface area (Å²) in [6.45, 7) is 17.2. The van der Waals surface area contributed by atoms with Gasteiger partial charge in [-0.15, -0.1) is 0 Å². The number of cyclic esters (lactones) is 1. The monoisotopic (exact) mass is 557 g/mol. The summed E-state index contributed by atoms with van der Waals surface area (Å²) in [5.41, 5.74) is 0.518. The predicted molar refractivity (Wildman–Crippen MR) is 149 cm³/mol. The van der Waals surface area contributed by atoms with Crippen molar-refractivity contribution in [2.24, 2.45) is 5.92 Å². The molecule has 1 atom stereocenters. The maximum atomic E-state index is 14.1. The van der Waals surface area contributed by atoms with Gasteiger partial charge in [-0.25, -0.2) is 13.6 Å². The van der Waals surface area contributed by atoms with Crippen molar-refractivity contribution < 1.29 is 31.9 Å². The first-order valence-electron chi connectivity index (χ1n) is 13.3. The molecule has 0 fully saturated rings. The Labute approximate surface area is 229 Å². The second-order valence-electron chi connectivity index (χ2n) is 12.4. The fraction of sp³-hybridized carbons (Fsp3) is 0.467. The van der Waals surface area contributed by atoms with Gasteiger partial charge in [-0.1, -0.05) is 40.7 Å². The molecule has 6 nitrogen and oxygen atoms in total. The predicted octanol–water partition coefficient (Wildman–Crippen LogP) is 7.56. The quantitative estimate of drug-likeness (QED) is 0.176. The number of carbonyl (C=O) groups is 2. The summed E-state index contributed by atoms with van der Waals surface area (Å²) in [5.74, 6) is -2.37. The van der Waals surface area contributed by atoms with Gasteiger partial charge in [0.05, 0.1) is 12.2 Å². The summed E-state index contributed by atoms with van der Waals surface area (Å²) in [6.07, 6.45) is 0.536. The van der Waals surface area contributed by atoms with Gasteiger partial charge in [-0.05, 0) is 72.8 Å². The van der Waals surface area contributed by atoms with Crippen LogP contribution in [0.1, 0.15) is 74.4 Å². The van der Waals surface area contributed by atoms with Crippen LogP contribution in [0.15, 0.2) is 34.7 Å². The number of ether oxygens (including phenoxy) is 1. The highest BCUT2D eigenvalue weighted by Crippen LogP contribution is 2.47. The number of benzene rings is 2. The Bertz CT molecular complexity index is 1440. The Morgan fingerprint density at radius 2 is 1.79 bits per heavy atom. The number of hydrogen-bond acceptors (Lipinski definition) is 5. The molecule has 1 amide bonds. The van der Waals surface area contributed by atoms with Crippen molar-refractivity contribution in [2.45, 2.75) is 71.7 Å². The molecule has 0 saturated heterocycles. The van der Waals surface area contributed by atoms with E-state index in [1.165, 1.54) is 6.07 Å². The van der Waals surface area contributed by atoms with Crippen LogP contribution in [0.25, 0.3) is 22.1 Å². The molecule has 1 aliphatic rings. The molecule has 0 saturated carbocycles. The summed E-state index contributed by atoms with van der Waals surface area (Å²) in [6, 6.07) is 6.75. The van der Waals surface area contributed by atoms with E-state index in [-0.39, 0.29) is 34.2 Å². The molecule has 1 aliphatic heterocycles. The van der Waals surface area contributed by atoms with Crippen LogP contribution in [0.2, 0.25) is 18.1 Å². The van der Waals surface area contributed by atoms with Gasteiger partial charge in [-0.2, -0.15) is 0 Å². The van der Waals surface area contributed by atoms with Gasteiger partial charge in [0.2, 0.25) is 0 Å². The third-order valence-electron chi connectivity index (χ3n) is 7.74. The number of carbonyl (C=O) groups excluding carboxylic acids is 2. The summed E-state index contributed by atoms with van der Waals surface area (Å²) < 4.78 is 45.9. The van der Waals surface area contributed by atoms with Crippen molar-refractivity contribution in [3.8, 4) is 11.1 Å². The van der Waals surface area contributed by atoms with Crippen LogP contribution in [0.3, 0.4) is 0 Å². The third kappa shape index (κ3) is 5.52. The molecule has 0 bridgehead atoms. The molecule has 1 unspecified atom stereocenters. The second kappa shape index (κ2) is 10.2. The van der Waals surface area contributed by atoms with E-state index in [0.717, 1.165) is 12.1 Å². The van der Waals surface area contributed by atoms with E-state index >= 15 is 0 Å². The van der Waals surface area contributed by atoms with Crippen LogP contribution in [0.5, 0.6) is 0 Å². The molecule has 2 heterocycles. The number of amides is 1. The highest BCUT2D eigenvalue weighted by atomic mass is 28.4. The van der Waals surface area contributed by atoms with Gasteiger partial charge >= 0.3 is 5.97 Å². The standard InChI is InChI=1S/C30H37F2NO5Si/c1-17(2)16-30(6)26-24(28(35)38-30)20-13-19(18-9-10-22(31)23(32)15-18)14-21(25(20)37-26)27(34)33-11-12-36-39(7,8)29(3,4)5/h9-10,13-15,17H,11-12,16H2,1-8H3,(H,33,34). The van der Waals surface area contributed by atoms with E-state index < -0.39 is 37.4 Å². The van der Waals surface area contributed by atoms with Crippen molar-refractivity contribution in [1.82, 2.24) is 5.32 Å². The third-order valence-corrected chi connectivity index (χ3v) is 12.3. The Morgan fingerprint density at radius 3 is 2.41 bits per heavy atom. The van der Waals surface area contributed by atoms with Gasteiger partial charge in [0.25, 0.3) is 5.91 Å². The SMILES string of the molecule is CC(C)CC1(C)OC(=O)c2c1oc1c(C(=O)NCCO[Si](C)(C)C(C)(C)C)cc(-c3ccc(F)c(F)c3)cc21. The minimum absolute atomic E-state index is 0.0356. The second-order valence-corrected chi connectivity index (χ2v) is 17.2. The fourth-order valence-electron chi connectivity index (χ4n) is 4.78. The molecular formula is C30H37F2NO5Si. The van der Waals surface area contributed by atoms with Crippen molar-refractivity contribution in [3.63, 3.8) is 0 Å². The summed E-state index contributed by atoms with van der Waals surface area (Å²) in [5, 5.41) is 3.32. The maximum absolute atomic E-state index is 14.1. The first-order valence-corrected chi connectivity index (χ1v) is 16.2. The number of esters is 1. The lowest BCUT2D eigenvalue weighted by atomic mass is 9.91. The number of nitrogens with one attached hydrogen (secondary N) is 1. The zero-order chi connectivity index (χ0) is 28.9. The smallest absolute Gasteiger partial charge is 0.343 e. The van der Waals surface area contributed by atoms with Gasteiger partial charge in [0.15, 0.2) is 31.3 Å². The molecule has 1 N–H and O–H groups in total. The van der Waals surface area contributed by atoms with E-state index in [1.807, 2.05) is 13.8 Å². The molecule has 9 heteroatoms. The number of hydrogen-bond donors (Lipinski definition) is 1. The molecule has 0 radical (unpaired) electrons. The minimum atomic E-state index is -1.99. The molecule has 2 aromatic carbocycles. The highest BCUT2D eigenvalue weighted by molar-refractivity contribution is 6.74. The van der Waals surface area contributed by atoms with E-state index in [9.17, 15) is 18.4 Å². The fourth-order valence-corrected chi connectivity index (χ4v) is 5.83. The number of halogens is 2. The van der Waals surface area contributed by atoms with Gasteiger partial charge in [-0.3, -0.25) is 4.79 Å². The highest BCUT2D eigenvalue weighted by Gasteiger charge is 2.47. The topological polar surface area (TPSA) is 77.8 Å². The van der Waals surface area contributed by atoms with Crippen molar-refractivity contribution in [2.75, 3.05) is 13.2 Å². The zero-order valence-electron chi connectivity index (χ0n) is 23.9. The number of fused-ring (bicyclic) bond motifs is 3. The van der Waals surface area contributed by atoms with E-state index in [0.29, 0.717) is 35.3 Å². The normalized spacial score (nSPS) is 17.6. The molecule has 0 spiro atoms. The van der Waals surface area contributed by atoms with Gasteiger partial charge < -0.3 is 18.9 Å². The van der Waals surface area contributed by atoms with E-state index in [4.69, 9.17) is 13.6 Å². The molecule has 39 heavy (non-hydrogen) atoms. The Morgan fingerprint density at radius 1 is 1.10 bits per heavy atom. The lowest BCUT2D eigenvalue weighted by molar-refractivity contribution is -0.0170. The summed E-state index contributed by atoms with van der Waals surface area (Å²) >= 11 is 0. The van der Waals surface area contributed by atoms with Crippen LogP contribution < -0.4 is 5.32 Å². The van der Waals surface area contributed by atoms with Crippen molar-refractivity contribution >= 4 is 31.2 Å². The molecule has 4 rings (SSSR count). The maximum Gasteiger partial charge on any atom is 0.343 e. The first kappa shape index (κ1) is 29.0. The Kier molecular flexibility index (Phi) is 7.55. The molecule has 210 valence electrons. The molecular weight excluding hydrogens is 520 g/mol. The molecule has 0 aliphatic carbocycles. The van der Waals surface area contributed by atoms with Crippen LogP contribution in [-0.4, -0.2) is 33.3 Å². The average molecular weight is 558 g/mol. The van der Waals surface area contributed by atoms with Crippen LogP contribution in [0, 0.1) is 17.6 Å². The Hall–Kier alpha value is -3.04. The average Bonchev–Trinajstić information content (AvgIpc) is 3.32. The Balaban J connectivity index is 1.75. The van der Waals surface area contributed by atoms with Gasteiger partial charge in [0, 0.05) is 11.9 Å². The minimum Gasteiger partial charge on any atom is -0.455 e. The summed E-state index contributed by atoms with van der Waals surface area (Å²) in [7, 11) is -1.99. The van der Waals surface area contributed by atoms with Crippen molar-refractivity contribution in [1.29, 1.82) is 0 Å². The number of rotatable bonds is 8. The largest absolute Gasteiger partial charge is 0.455 e.